The first-order chi connectivity index (χ1) is 14.2. The molecule has 6 nitrogen and oxygen atoms in total. The molecule has 2 heterocycles. The van der Waals surface area contributed by atoms with Crippen molar-refractivity contribution in [3.63, 3.8) is 0 Å². The van der Waals surface area contributed by atoms with E-state index < -0.39 is 0 Å². The number of hydrogen-bond donors (Lipinski definition) is 1. The lowest BCUT2D eigenvalue weighted by molar-refractivity contribution is -0.00897. The Morgan fingerprint density at radius 2 is 1.86 bits per heavy atom. The average Bonchev–Trinajstić information content (AvgIpc) is 3.46. The third-order valence-electron chi connectivity index (χ3n) is 7.30. The topological polar surface area (TPSA) is 54.4 Å². The fourth-order valence-electron chi connectivity index (χ4n) is 5.71. The summed E-state index contributed by atoms with van der Waals surface area (Å²) in [7, 11) is 0. The van der Waals surface area contributed by atoms with Crippen molar-refractivity contribution in [1.29, 1.82) is 0 Å². The minimum Gasteiger partial charge on any atom is -0.454 e. The Kier molecular flexibility index (Phi) is 5.95. The summed E-state index contributed by atoms with van der Waals surface area (Å²) in [6.07, 6.45) is 5.23. The average molecular weight is 403 g/mol. The van der Waals surface area contributed by atoms with Gasteiger partial charge in [-0.3, -0.25) is 9.80 Å². The van der Waals surface area contributed by atoms with Crippen LogP contribution in [0.5, 0.6) is 11.5 Å². The number of ether oxygens (including phenoxy) is 3. The zero-order valence-electron chi connectivity index (χ0n) is 17.3. The normalized spacial score (nSPS) is 30.2. The van der Waals surface area contributed by atoms with E-state index in [4.69, 9.17) is 14.2 Å². The summed E-state index contributed by atoms with van der Waals surface area (Å²) in [5.41, 5.74) is 1.26. The molecule has 29 heavy (non-hydrogen) atoms. The van der Waals surface area contributed by atoms with Crippen molar-refractivity contribution >= 4 is 0 Å². The van der Waals surface area contributed by atoms with Crippen molar-refractivity contribution in [3.8, 4) is 11.5 Å². The zero-order chi connectivity index (χ0) is 19.6. The van der Waals surface area contributed by atoms with E-state index in [-0.39, 0.29) is 6.10 Å². The first-order valence-electron chi connectivity index (χ1n) is 11.3. The van der Waals surface area contributed by atoms with Gasteiger partial charge in [0, 0.05) is 45.9 Å². The summed E-state index contributed by atoms with van der Waals surface area (Å²) in [6, 6.07) is 6.21. The number of nitrogens with zero attached hydrogens (tertiary/aromatic N) is 2. The van der Waals surface area contributed by atoms with Gasteiger partial charge in [0.1, 0.15) is 0 Å². The molecule has 6 heteroatoms. The highest BCUT2D eigenvalue weighted by Gasteiger charge is 2.39. The summed E-state index contributed by atoms with van der Waals surface area (Å²) in [5, 5.41) is 10.4. The van der Waals surface area contributed by atoms with E-state index in [1.807, 2.05) is 6.07 Å². The van der Waals surface area contributed by atoms with E-state index >= 15 is 0 Å². The largest absolute Gasteiger partial charge is 0.454 e. The molecule has 2 bridgehead atoms. The summed E-state index contributed by atoms with van der Waals surface area (Å²) < 4.78 is 16.8. The second kappa shape index (κ2) is 8.80. The van der Waals surface area contributed by atoms with Gasteiger partial charge in [0.25, 0.3) is 0 Å². The van der Waals surface area contributed by atoms with Crippen LogP contribution in [0.4, 0.5) is 0 Å². The lowest BCUT2D eigenvalue weighted by Gasteiger charge is -2.35. The van der Waals surface area contributed by atoms with Crippen LogP contribution < -0.4 is 9.47 Å². The Labute approximate surface area is 173 Å². The van der Waals surface area contributed by atoms with Gasteiger partial charge in [-0.25, -0.2) is 0 Å². The van der Waals surface area contributed by atoms with Crippen LogP contribution in [0.25, 0.3) is 0 Å². The zero-order valence-corrected chi connectivity index (χ0v) is 17.3. The molecular formula is C23H34N2O4. The van der Waals surface area contributed by atoms with E-state index in [0.29, 0.717) is 19.9 Å². The third-order valence-corrected chi connectivity index (χ3v) is 7.30. The maximum atomic E-state index is 10.4. The number of rotatable bonds is 8. The number of aliphatic hydroxyl groups is 1. The molecule has 0 unspecified atom stereocenters. The summed E-state index contributed by atoms with van der Waals surface area (Å²) >= 11 is 0. The van der Waals surface area contributed by atoms with E-state index in [1.54, 1.807) is 0 Å². The molecule has 0 radical (unpaired) electrons. The van der Waals surface area contributed by atoms with Crippen molar-refractivity contribution in [2.45, 2.75) is 38.3 Å². The SMILES string of the molecule is O[C@H](COC[C@@H]1C[C@H]2CC[C@H]1C2)CN1CCN(Cc2ccc3c(c2)OCO3)CC1. The second-order valence-corrected chi connectivity index (χ2v) is 9.39. The van der Waals surface area contributed by atoms with E-state index in [2.05, 4.69) is 21.9 Å². The van der Waals surface area contributed by atoms with Crippen LogP contribution in [0.2, 0.25) is 0 Å². The predicted octanol–water partition coefficient (Wildman–Crippen LogP) is 2.35. The summed E-state index contributed by atoms with van der Waals surface area (Å²) in [6.45, 7) is 7.33. The van der Waals surface area contributed by atoms with Gasteiger partial charge >= 0.3 is 0 Å². The standard InChI is InChI=1S/C23H34N2O4/c26-21(15-27-14-20-10-17-1-3-19(20)9-17)13-25-7-5-24(6-8-25)12-18-2-4-22-23(11-18)29-16-28-22/h2,4,11,17,19-21,26H,1,3,5-10,12-16H2/t17-,19-,20-,21-/m0/s1. The Morgan fingerprint density at radius 1 is 1.03 bits per heavy atom. The predicted molar refractivity (Wildman–Crippen MR) is 110 cm³/mol. The van der Waals surface area contributed by atoms with Crippen molar-refractivity contribution in [3.05, 3.63) is 23.8 Å². The molecule has 160 valence electrons. The van der Waals surface area contributed by atoms with Crippen LogP contribution in [-0.4, -0.2) is 73.7 Å². The van der Waals surface area contributed by atoms with Crippen molar-refractivity contribution < 1.29 is 19.3 Å². The first-order valence-corrected chi connectivity index (χ1v) is 11.3. The highest BCUT2D eigenvalue weighted by Crippen LogP contribution is 2.48. The lowest BCUT2D eigenvalue weighted by Crippen LogP contribution is -2.48. The molecule has 0 aromatic heterocycles. The van der Waals surface area contributed by atoms with Crippen molar-refractivity contribution in [1.82, 2.24) is 9.80 Å². The highest BCUT2D eigenvalue weighted by molar-refractivity contribution is 5.44. The summed E-state index contributed by atoms with van der Waals surface area (Å²) in [5.74, 6) is 4.31. The fourth-order valence-corrected chi connectivity index (χ4v) is 5.71. The third kappa shape index (κ3) is 4.71. The van der Waals surface area contributed by atoms with Crippen LogP contribution in [0.15, 0.2) is 18.2 Å². The molecule has 2 aliphatic heterocycles. The minimum atomic E-state index is -0.381. The smallest absolute Gasteiger partial charge is 0.231 e. The molecule has 4 atom stereocenters. The molecule has 5 rings (SSSR count). The molecule has 2 saturated carbocycles. The van der Waals surface area contributed by atoms with E-state index in [0.717, 1.165) is 68.6 Å². The Morgan fingerprint density at radius 3 is 2.66 bits per heavy atom. The van der Waals surface area contributed by atoms with Crippen LogP contribution in [0.1, 0.15) is 31.2 Å². The maximum absolute atomic E-state index is 10.4. The Hall–Kier alpha value is -1.34. The van der Waals surface area contributed by atoms with Crippen molar-refractivity contribution in [2.75, 3.05) is 52.7 Å². The van der Waals surface area contributed by atoms with Gasteiger partial charge < -0.3 is 19.3 Å². The molecule has 0 amide bonds. The molecule has 1 aromatic rings. The fraction of sp³-hybridized carbons (Fsp3) is 0.739. The summed E-state index contributed by atoms with van der Waals surface area (Å²) in [4.78, 5) is 4.83. The van der Waals surface area contributed by atoms with E-state index in [9.17, 15) is 5.11 Å². The Bertz CT molecular complexity index is 691. The van der Waals surface area contributed by atoms with E-state index in [1.165, 1.54) is 31.2 Å². The van der Waals surface area contributed by atoms with Gasteiger partial charge in [-0.1, -0.05) is 12.5 Å². The second-order valence-electron chi connectivity index (χ2n) is 9.39. The molecule has 2 aliphatic carbocycles. The molecule has 4 aliphatic rings. The lowest BCUT2D eigenvalue weighted by atomic mass is 9.90. The molecule has 1 aromatic carbocycles. The van der Waals surface area contributed by atoms with Gasteiger partial charge in [0.2, 0.25) is 6.79 Å². The monoisotopic (exact) mass is 402 g/mol. The molecule has 3 fully saturated rings. The minimum absolute atomic E-state index is 0.325. The van der Waals surface area contributed by atoms with Gasteiger partial charge in [-0.15, -0.1) is 0 Å². The van der Waals surface area contributed by atoms with Gasteiger partial charge in [0.15, 0.2) is 11.5 Å². The van der Waals surface area contributed by atoms with Gasteiger partial charge in [-0.2, -0.15) is 0 Å². The van der Waals surface area contributed by atoms with Crippen LogP contribution >= 0.6 is 0 Å². The van der Waals surface area contributed by atoms with Gasteiger partial charge in [0.05, 0.1) is 12.7 Å². The molecule has 1 N–H and O–H groups in total. The molecule has 1 saturated heterocycles. The van der Waals surface area contributed by atoms with Crippen LogP contribution in [-0.2, 0) is 11.3 Å². The highest BCUT2D eigenvalue weighted by atomic mass is 16.7. The van der Waals surface area contributed by atoms with Crippen LogP contribution in [0, 0.1) is 17.8 Å². The van der Waals surface area contributed by atoms with Gasteiger partial charge in [-0.05, 0) is 54.7 Å². The maximum Gasteiger partial charge on any atom is 0.231 e. The number of hydrogen-bond acceptors (Lipinski definition) is 6. The van der Waals surface area contributed by atoms with Crippen LogP contribution in [0.3, 0.4) is 0 Å². The quantitative estimate of drug-likeness (QED) is 0.720. The Balaban J connectivity index is 0.989. The number of aliphatic hydroxyl groups excluding tert-OH is 1. The number of β-amino-alcohol motifs (C(OH)–C–C–N with tert-alkyl or cyclic N) is 1. The molecule has 0 spiro atoms. The number of benzene rings is 1. The number of piperazine rings is 1. The first kappa shape index (κ1) is 19.6. The molecular weight excluding hydrogens is 368 g/mol. The number of fused-ring (bicyclic) bond motifs is 3. The van der Waals surface area contributed by atoms with Crippen molar-refractivity contribution in [2.24, 2.45) is 17.8 Å².